The standard InChI is InChI=1S/C13H17N3O/c1-2-11(8-17)15-13-6-3-9-7-10(14)4-5-12(9)16-13/h3-7,11,17H,2,8,14H2,1H3,(H,15,16). The van der Waals surface area contributed by atoms with Crippen molar-refractivity contribution in [3.05, 3.63) is 30.3 Å². The van der Waals surface area contributed by atoms with Crippen LogP contribution in [0.25, 0.3) is 10.9 Å². The second kappa shape index (κ2) is 5.01. The van der Waals surface area contributed by atoms with Crippen molar-refractivity contribution in [2.45, 2.75) is 19.4 Å². The third kappa shape index (κ3) is 2.65. The van der Waals surface area contributed by atoms with E-state index in [0.717, 1.165) is 28.8 Å². The lowest BCUT2D eigenvalue weighted by atomic mass is 10.2. The molecular weight excluding hydrogens is 214 g/mol. The molecule has 0 saturated carbocycles. The summed E-state index contributed by atoms with van der Waals surface area (Å²) in [6.07, 6.45) is 0.859. The Hall–Kier alpha value is -1.81. The Morgan fingerprint density at radius 1 is 1.35 bits per heavy atom. The van der Waals surface area contributed by atoms with Gasteiger partial charge in [0.1, 0.15) is 5.82 Å². The molecule has 1 heterocycles. The van der Waals surface area contributed by atoms with Crippen molar-refractivity contribution in [1.82, 2.24) is 4.98 Å². The van der Waals surface area contributed by atoms with Crippen LogP contribution >= 0.6 is 0 Å². The van der Waals surface area contributed by atoms with Gasteiger partial charge in [-0.2, -0.15) is 0 Å². The number of pyridine rings is 1. The normalized spacial score (nSPS) is 12.6. The summed E-state index contributed by atoms with van der Waals surface area (Å²) >= 11 is 0. The fourth-order valence-electron chi connectivity index (χ4n) is 1.71. The Kier molecular flexibility index (Phi) is 3.44. The van der Waals surface area contributed by atoms with Gasteiger partial charge in [0.15, 0.2) is 0 Å². The molecule has 0 radical (unpaired) electrons. The molecule has 90 valence electrons. The van der Waals surface area contributed by atoms with E-state index < -0.39 is 0 Å². The molecule has 0 fully saturated rings. The van der Waals surface area contributed by atoms with Crippen molar-refractivity contribution in [1.29, 1.82) is 0 Å². The summed E-state index contributed by atoms with van der Waals surface area (Å²) < 4.78 is 0. The van der Waals surface area contributed by atoms with Gasteiger partial charge in [0.2, 0.25) is 0 Å². The predicted octanol–water partition coefficient (Wildman–Crippen LogP) is 2.00. The van der Waals surface area contributed by atoms with Gasteiger partial charge in [0.25, 0.3) is 0 Å². The fraction of sp³-hybridized carbons (Fsp3) is 0.308. The van der Waals surface area contributed by atoms with Crippen LogP contribution in [0.5, 0.6) is 0 Å². The number of hydrogen-bond acceptors (Lipinski definition) is 4. The number of nitrogens with one attached hydrogen (secondary N) is 1. The largest absolute Gasteiger partial charge is 0.399 e. The van der Waals surface area contributed by atoms with Gasteiger partial charge in [-0.25, -0.2) is 4.98 Å². The Bertz CT molecular complexity index is 509. The zero-order valence-corrected chi connectivity index (χ0v) is 9.85. The molecule has 0 saturated heterocycles. The van der Waals surface area contributed by atoms with Crippen LogP contribution < -0.4 is 11.1 Å². The average molecular weight is 231 g/mol. The lowest BCUT2D eigenvalue weighted by Crippen LogP contribution is -2.23. The van der Waals surface area contributed by atoms with E-state index in [1.807, 2.05) is 37.3 Å². The van der Waals surface area contributed by atoms with Gasteiger partial charge in [0.05, 0.1) is 18.2 Å². The summed E-state index contributed by atoms with van der Waals surface area (Å²) in [5, 5.41) is 13.3. The van der Waals surface area contributed by atoms with E-state index >= 15 is 0 Å². The average Bonchev–Trinajstić information content (AvgIpc) is 2.36. The molecule has 0 aliphatic heterocycles. The molecule has 1 unspecified atom stereocenters. The number of nitrogens with zero attached hydrogens (tertiary/aromatic N) is 1. The maximum absolute atomic E-state index is 9.13. The summed E-state index contributed by atoms with van der Waals surface area (Å²) in [7, 11) is 0. The number of benzene rings is 1. The lowest BCUT2D eigenvalue weighted by Gasteiger charge is -2.14. The highest BCUT2D eigenvalue weighted by Gasteiger charge is 2.05. The van der Waals surface area contributed by atoms with Gasteiger partial charge in [-0.05, 0) is 36.8 Å². The van der Waals surface area contributed by atoms with Crippen LogP contribution in [0.15, 0.2) is 30.3 Å². The van der Waals surface area contributed by atoms with E-state index in [1.54, 1.807) is 0 Å². The van der Waals surface area contributed by atoms with E-state index in [9.17, 15) is 0 Å². The number of fused-ring (bicyclic) bond motifs is 1. The first-order valence-corrected chi connectivity index (χ1v) is 5.76. The first-order valence-electron chi connectivity index (χ1n) is 5.76. The molecule has 4 nitrogen and oxygen atoms in total. The number of nitrogens with two attached hydrogens (primary N) is 1. The van der Waals surface area contributed by atoms with Crippen LogP contribution in [0.1, 0.15) is 13.3 Å². The summed E-state index contributed by atoms with van der Waals surface area (Å²) in [5.74, 6) is 0.781. The molecule has 2 aromatic rings. The molecule has 0 amide bonds. The molecule has 2 rings (SSSR count). The molecule has 1 aromatic heterocycles. The predicted molar refractivity (Wildman–Crippen MR) is 70.9 cm³/mol. The van der Waals surface area contributed by atoms with Crippen molar-refractivity contribution >= 4 is 22.4 Å². The van der Waals surface area contributed by atoms with Crippen molar-refractivity contribution < 1.29 is 5.11 Å². The molecule has 1 aromatic carbocycles. The van der Waals surface area contributed by atoms with Gasteiger partial charge in [-0.15, -0.1) is 0 Å². The Morgan fingerprint density at radius 2 is 2.18 bits per heavy atom. The lowest BCUT2D eigenvalue weighted by molar-refractivity contribution is 0.271. The molecule has 0 bridgehead atoms. The summed E-state index contributed by atoms with van der Waals surface area (Å²) in [4.78, 5) is 4.47. The Morgan fingerprint density at radius 3 is 2.88 bits per heavy atom. The van der Waals surface area contributed by atoms with E-state index in [1.165, 1.54) is 0 Å². The number of rotatable bonds is 4. The van der Waals surface area contributed by atoms with E-state index in [2.05, 4.69) is 10.3 Å². The Labute approximate surface area is 100 Å². The molecule has 0 aliphatic carbocycles. The van der Waals surface area contributed by atoms with Gasteiger partial charge in [-0.1, -0.05) is 6.92 Å². The topological polar surface area (TPSA) is 71.2 Å². The van der Waals surface area contributed by atoms with Gasteiger partial charge in [-0.3, -0.25) is 0 Å². The summed E-state index contributed by atoms with van der Waals surface area (Å²) in [5.41, 5.74) is 7.35. The molecule has 0 aliphatic rings. The zero-order valence-electron chi connectivity index (χ0n) is 9.85. The third-order valence-corrected chi connectivity index (χ3v) is 2.78. The van der Waals surface area contributed by atoms with Gasteiger partial charge < -0.3 is 16.2 Å². The molecule has 17 heavy (non-hydrogen) atoms. The number of nitrogen functional groups attached to an aromatic ring is 1. The first-order chi connectivity index (χ1) is 8.22. The number of aromatic nitrogens is 1. The van der Waals surface area contributed by atoms with Crippen molar-refractivity contribution in [2.75, 3.05) is 17.7 Å². The molecule has 0 spiro atoms. The van der Waals surface area contributed by atoms with Crippen LogP contribution in [0, 0.1) is 0 Å². The van der Waals surface area contributed by atoms with Crippen LogP contribution in [0.4, 0.5) is 11.5 Å². The van der Waals surface area contributed by atoms with Gasteiger partial charge in [0, 0.05) is 11.1 Å². The molecule has 4 heteroatoms. The highest BCUT2D eigenvalue weighted by molar-refractivity contribution is 5.83. The number of hydrogen-bond donors (Lipinski definition) is 3. The van der Waals surface area contributed by atoms with Crippen molar-refractivity contribution in [2.24, 2.45) is 0 Å². The fourth-order valence-corrected chi connectivity index (χ4v) is 1.71. The zero-order chi connectivity index (χ0) is 12.3. The maximum atomic E-state index is 9.13. The molecular formula is C13H17N3O. The van der Waals surface area contributed by atoms with Crippen LogP contribution in [0.3, 0.4) is 0 Å². The minimum Gasteiger partial charge on any atom is -0.399 e. The van der Waals surface area contributed by atoms with Crippen molar-refractivity contribution in [3.8, 4) is 0 Å². The monoisotopic (exact) mass is 231 g/mol. The first kappa shape index (κ1) is 11.7. The maximum Gasteiger partial charge on any atom is 0.126 e. The number of anilines is 2. The Balaban J connectivity index is 2.28. The second-order valence-electron chi connectivity index (χ2n) is 4.08. The third-order valence-electron chi connectivity index (χ3n) is 2.78. The van der Waals surface area contributed by atoms with E-state index in [4.69, 9.17) is 10.8 Å². The highest BCUT2D eigenvalue weighted by Crippen LogP contribution is 2.18. The molecule has 4 N–H and O–H groups in total. The van der Waals surface area contributed by atoms with Crippen LogP contribution in [-0.2, 0) is 0 Å². The smallest absolute Gasteiger partial charge is 0.126 e. The van der Waals surface area contributed by atoms with Crippen molar-refractivity contribution in [3.63, 3.8) is 0 Å². The SMILES string of the molecule is CCC(CO)Nc1ccc2cc(N)ccc2n1. The minimum absolute atomic E-state index is 0.0498. The quantitative estimate of drug-likeness (QED) is 0.704. The van der Waals surface area contributed by atoms with E-state index in [-0.39, 0.29) is 12.6 Å². The number of aliphatic hydroxyl groups is 1. The van der Waals surface area contributed by atoms with Gasteiger partial charge >= 0.3 is 0 Å². The summed E-state index contributed by atoms with van der Waals surface area (Å²) in [6.45, 7) is 2.13. The summed E-state index contributed by atoms with van der Waals surface area (Å²) in [6, 6.07) is 9.56. The van der Waals surface area contributed by atoms with Crippen LogP contribution in [0.2, 0.25) is 0 Å². The van der Waals surface area contributed by atoms with E-state index in [0.29, 0.717) is 0 Å². The molecule has 1 atom stereocenters. The van der Waals surface area contributed by atoms with Crippen LogP contribution in [-0.4, -0.2) is 22.7 Å². The number of aliphatic hydroxyl groups excluding tert-OH is 1. The minimum atomic E-state index is 0.0498. The second-order valence-corrected chi connectivity index (χ2v) is 4.08. The highest BCUT2D eigenvalue weighted by atomic mass is 16.3.